The van der Waals surface area contributed by atoms with Crippen molar-refractivity contribution in [3.05, 3.63) is 64.2 Å². The molecule has 1 saturated heterocycles. The van der Waals surface area contributed by atoms with E-state index in [0.29, 0.717) is 34.2 Å². The molecular weight excluding hydrogens is 406 g/mol. The summed E-state index contributed by atoms with van der Waals surface area (Å²) in [5.74, 6) is -0.562. The van der Waals surface area contributed by atoms with Crippen molar-refractivity contribution >= 4 is 29.1 Å². The van der Waals surface area contributed by atoms with Crippen LogP contribution in [0.15, 0.2) is 48.0 Å². The lowest BCUT2D eigenvalue weighted by Gasteiger charge is -2.25. The summed E-state index contributed by atoms with van der Waals surface area (Å²) in [7, 11) is 3.05. The Kier molecular flexibility index (Phi) is 6.67. The van der Waals surface area contributed by atoms with Crippen LogP contribution in [0.2, 0.25) is 5.02 Å². The molecule has 0 bridgehead atoms. The number of hydrogen-bond donors (Lipinski definition) is 1. The number of amides is 1. The van der Waals surface area contributed by atoms with Gasteiger partial charge in [-0.15, -0.1) is 0 Å². The molecule has 0 aliphatic carbocycles. The van der Waals surface area contributed by atoms with Gasteiger partial charge in [0, 0.05) is 17.1 Å². The highest BCUT2D eigenvalue weighted by Crippen LogP contribution is 2.42. The maximum Gasteiger partial charge on any atom is 0.295 e. The van der Waals surface area contributed by atoms with E-state index in [-0.39, 0.29) is 11.3 Å². The predicted octanol–water partition coefficient (Wildman–Crippen LogP) is 4.58. The number of hydrogen-bond acceptors (Lipinski definition) is 5. The Labute approximate surface area is 180 Å². The van der Waals surface area contributed by atoms with Crippen LogP contribution < -0.4 is 9.47 Å². The molecule has 1 N–H and O–H groups in total. The second kappa shape index (κ2) is 9.22. The highest BCUT2D eigenvalue weighted by atomic mass is 35.5. The van der Waals surface area contributed by atoms with Gasteiger partial charge in [0.2, 0.25) is 0 Å². The summed E-state index contributed by atoms with van der Waals surface area (Å²) >= 11 is 5.94. The molecule has 1 fully saturated rings. The minimum absolute atomic E-state index is 0.0469. The number of carbonyl (C=O) groups excluding carboxylic acids is 2. The van der Waals surface area contributed by atoms with Crippen LogP contribution in [0.3, 0.4) is 0 Å². The van der Waals surface area contributed by atoms with E-state index in [4.69, 9.17) is 21.1 Å². The number of Topliss-reactive ketones (excluding diaryl/α,β-unsaturated/α-hetero) is 1. The van der Waals surface area contributed by atoms with Gasteiger partial charge in [-0.2, -0.15) is 0 Å². The zero-order valence-electron chi connectivity index (χ0n) is 17.1. The third-order valence-electron chi connectivity index (χ3n) is 5.13. The molecule has 2 aromatic carbocycles. The Balaban J connectivity index is 2.18. The Hall–Kier alpha value is -2.99. The number of likely N-dealkylation sites (tertiary alicyclic amines) is 1. The van der Waals surface area contributed by atoms with Crippen molar-refractivity contribution in [2.75, 3.05) is 20.8 Å². The first-order chi connectivity index (χ1) is 14.4. The molecule has 0 aromatic heterocycles. The SMILES string of the molecule is CCCCN1C(=O)C(=O)/C(=C(\O)c2ccc(Cl)cc2)C1c1ccc(OC)c(OC)c1. The van der Waals surface area contributed by atoms with Crippen molar-refractivity contribution in [2.45, 2.75) is 25.8 Å². The van der Waals surface area contributed by atoms with Crippen molar-refractivity contribution in [3.63, 3.8) is 0 Å². The summed E-state index contributed by atoms with van der Waals surface area (Å²) in [6.07, 6.45) is 1.59. The average molecular weight is 430 g/mol. The zero-order chi connectivity index (χ0) is 21.8. The van der Waals surface area contributed by atoms with Crippen LogP contribution >= 0.6 is 11.6 Å². The number of methoxy groups -OCH3 is 2. The first-order valence-corrected chi connectivity index (χ1v) is 10.1. The van der Waals surface area contributed by atoms with E-state index in [1.807, 2.05) is 6.92 Å². The number of carbonyl (C=O) groups is 2. The molecule has 30 heavy (non-hydrogen) atoms. The second-order valence-corrected chi connectivity index (χ2v) is 7.40. The first kappa shape index (κ1) is 21.7. The lowest BCUT2D eigenvalue weighted by molar-refractivity contribution is -0.139. The smallest absolute Gasteiger partial charge is 0.295 e. The van der Waals surface area contributed by atoms with Crippen molar-refractivity contribution < 1.29 is 24.2 Å². The quantitative estimate of drug-likeness (QED) is 0.396. The third-order valence-corrected chi connectivity index (χ3v) is 5.39. The van der Waals surface area contributed by atoms with Gasteiger partial charge >= 0.3 is 0 Å². The van der Waals surface area contributed by atoms with Gasteiger partial charge in [0.25, 0.3) is 11.7 Å². The van der Waals surface area contributed by atoms with E-state index >= 15 is 0 Å². The molecule has 3 rings (SSSR count). The average Bonchev–Trinajstić information content (AvgIpc) is 3.01. The monoisotopic (exact) mass is 429 g/mol. The van der Waals surface area contributed by atoms with Crippen LogP contribution in [-0.2, 0) is 9.59 Å². The van der Waals surface area contributed by atoms with Crippen molar-refractivity contribution in [2.24, 2.45) is 0 Å². The molecule has 0 spiro atoms. The van der Waals surface area contributed by atoms with E-state index in [1.54, 1.807) is 42.5 Å². The number of aliphatic hydroxyl groups excluding tert-OH is 1. The Morgan fingerprint density at radius 2 is 1.73 bits per heavy atom. The van der Waals surface area contributed by atoms with E-state index < -0.39 is 17.7 Å². The van der Waals surface area contributed by atoms with Gasteiger partial charge in [-0.05, 0) is 48.4 Å². The summed E-state index contributed by atoms with van der Waals surface area (Å²) < 4.78 is 10.7. The molecule has 1 aliphatic heterocycles. The molecule has 1 aliphatic rings. The number of benzene rings is 2. The van der Waals surface area contributed by atoms with Crippen LogP contribution in [0.1, 0.15) is 36.9 Å². The summed E-state index contributed by atoms with van der Waals surface area (Å²) in [6.45, 7) is 2.41. The van der Waals surface area contributed by atoms with Crippen LogP contribution in [0, 0.1) is 0 Å². The van der Waals surface area contributed by atoms with E-state index in [9.17, 15) is 14.7 Å². The largest absolute Gasteiger partial charge is 0.507 e. The maximum absolute atomic E-state index is 12.9. The molecule has 0 radical (unpaired) electrons. The number of ketones is 1. The van der Waals surface area contributed by atoms with Crippen molar-refractivity contribution in [1.82, 2.24) is 4.90 Å². The molecule has 1 atom stereocenters. The van der Waals surface area contributed by atoms with Gasteiger partial charge in [0.05, 0.1) is 25.8 Å². The fourth-order valence-corrected chi connectivity index (χ4v) is 3.70. The van der Waals surface area contributed by atoms with Crippen molar-refractivity contribution in [1.29, 1.82) is 0 Å². The molecule has 0 saturated carbocycles. The lowest BCUT2D eigenvalue weighted by Crippen LogP contribution is -2.30. The Morgan fingerprint density at radius 3 is 2.33 bits per heavy atom. The van der Waals surface area contributed by atoms with E-state index in [0.717, 1.165) is 12.8 Å². The molecule has 1 heterocycles. The highest BCUT2D eigenvalue weighted by Gasteiger charge is 2.45. The molecule has 2 aromatic rings. The number of aliphatic hydroxyl groups is 1. The molecular formula is C23H24ClNO5. The second-order valence-electron chi connectivity index (χ2n) is 6.97. The van der Waals surface area contributed by atoms with Crippen LogP contribution in [0.5, 0.6) is 11.5 Å². The zero-order valence-corrected chi connectivity index (χ0v) is 17.9. The molecule has 1 amide bonds. The molecule has 7 heteroatoms. The van der Waals surface area contributed by atoms with Crippen LogP contribution in [0.4, 0.5) is 0 Å². The summed E-state index contributed by atoms with van der Waals surface area (Å²) in [4.78, 5) is 27.3. The molecule has 158 valence electrons. The van der Waals surface area contributed by atoms with Gasteiger partial charge in [0.15, 0.2) is 11.5 Å². The standard InChI is InChI=1S/C23H24ClNO5/c1-4-5-12-25-20(15-8-11-17(29-2)18(13-15)30-3)19(22(27)23(25)28)21(26)14-6-9-16(24)10-7-14/h6-11,13,20,26H,4-5,12H2,1-3H3/b21-19-. The van der Waals surface area contributed by atoms with Crippen LogP contribution in [0.25, 0.3) is 5.76 Å². The molecule has 6 nitrogen and oxygen atoms in total. The minimum atomic E-state index is -0.730. The topological polar surface area (TPSA) is 76.1 Å². The fraction of sp³-hybridized carbons (Fsp3) is 0.304. The predicted molar refractivity (Wildman–Crippen MR) is 115 cm³/mol. The number of unbranched alkanes of at least 4 members (excludes halogenated alkanes) is 1. The van der Waals surface area contributed by atoms with Gasteiger partial charge in [-0.1, -0.05) is 31.0 Å². The van der Waals surface area contributed by atoms with E-state index in [2.05, 4.69) is 0 Å². The summed E-state index contributed by atoms with van der Waals surface area (Å²) in [6, 6.07) is 11.0. The normalized spacial score (nSPS) is 18.0. The minimum Gasteiger partial charge on any atom is -0.507 e. The fourth-order valence-electron chi connectivity index (χ4n) is 3.57. The van der Waals surface area contributed by atoms with Crippen molar-refractivity contribution in [3.8, 4) is 11.5 Å². The number of ether oxygens (including phenoxy) is 2. The third kappa shape index (κ3) is 4.00. The summed E-state index contributed by atoms with van der Waals surface area (Å²) in [5, 5.41) is 11.5. The van der Waals surface area contributed by atoms with E-state index in [1.165, 1.54) is 19.1 Å². The maximum atomic E-state index is 12.9. The van der Waals surface area contributed by atoms with Gasteiger partial charge in [-0.3, -0.25) is 9.59 Å². The number of rotatable bonds is 7. The Bertz CT molecular complexity index is 984. The number of nitrogens with zero attached hydrogens (tertiary/aromatic N) is 1. The molecule has 1 unspecified atom stereocenters. The first-order valence-electron chi connectivity index (χ1n) is 9.69. The summed E-state index contributed by atoms with van der Waals surface area (Å²) in [5.41, 5.74) is 1.11. The van der Waals surface area contributed by atoms with Gasteiger partial charge < -0.3 is 19.5 Å². The van der Waals surface area contributed by atoms with Gasteiger partial charge in [-0.25, -0.2) is 0 Å². The highest BCUT2D eigenvalue weighted by molar-refractivity contribution is 6.46. The van der Waals surface area contributed by atoms with Crippen LogP contribution in [-0.4, -0.2) is 42.5 Å². The number of halogens is 1. The Morgan fingerprint density at radius 1 is 1.07 bits per heavy atom. The lowest BCUT2D eigenvalue weighted by atomic mass is 9.95. The van der Waals surface area contributed by atoms with Gasteiger partial charge in [0.1, 0.15) is 5.76 Å².